The lowest BCUT2D eigenvalue weighted by molar-refractivity contribution is 0.212. The van der Waals surface area contributed by atoms with Crippen LogP contribution in [0.5, 0.6) is 23.0 Å². The Labute approximate surface area is 267 Å². The van der Waals surface area contributed by atoms with Gasteiger partial charge in [0.15, 0.2) is 0 Å². The average Bonchev–Trinajstić information content (AvgIpc) is 3.07. The summed E-state index contributed by atoms with van der Waals surface area (Å²) in [7, 11) is -2.10. The number of sulfone groups is 1. The van der Waals surface area contributed by atoms with Crippen LogP contribution in [0.4, 0.5) is 0 Å². The fraction of sp³-hybridized carbons (Fsp3) is 0.263. The van der Waals surface area contributed by atoms with Crippen LogP contribution in [0.15, 0.2) is 131 Å². The molecule has 0 aliphatic heterocycles. The van der Waals surface area contributed by atoms with Crippen molar-refractivity contribution < 1.29 is 27.4 Å². The standard InChI is InChI=1S/C38H42O6S/c1-6-31(7-2)42-27-9-8-10-28-43-33-15-11-29(12-16-33)38(3,4)30-13-17-34(18-14-30)44-35-21-25-37(26-22-35)45(39,40)36-23-19-32(41-5)20-24-36/h6-7,11-26H,1,8-10,27-28H2,2-5H3/b31-7+. The Morgan fingerprint density at radius 3 is 1.64 bits per heavy atom. The summed E-state index contributed by atoms with van der Waals surface area (Å²) in [5, 5.41) is 0. The van der Waals surface area contributed by atoms with E-state index in [1.165, 1.54) is 17.7 Å². The minimum atomic E-state index is -3.65. The molecule has 0 heterocycles. The molecular weight excluding hydrogens is 584 g/mol. The minimum absolute atomic E-state index is 0.196. The Hall–Kier alpha value is -4.49. The predicted octanol–water partition coefficient (Wildman–Crippen LogP) is 9.30. The van der Waals surface area contributed by atoms with Crippen LogP contribution >= 0.6 is 0 Å². The van der Waals surface area contributed by atoms with E-state index in [1.54, 1.807) is 49.6 Å². The lowest BCUT2D eigenvalue weighted by Gasteiger charge is -2.26. The number of hydrogen-bond acceptors (Lipinski definition) is 6. The zero-order valence-electron chi connectivity index (χ0n) is 26.5. The number of hydrogen-bond donors (Lipinski definition) is 0. The molecule has 0 aromatic heterocycles. The molecule has 0 aliphatic rings. The van der Waals surface area contributed by atoms with Crippen molar-refractivity contribution in [1.29, 1.82) is 0 Å². The second-order valence-corrected chi connectivity index (χ2v) is 13.0. The first-order valence-electron chi connectivity index (χ1n) is 15.1. The highest BCUT2D eigenvalue weighted by Crippen LogP contribution is 2.34. The molecule has 0 fully saturated rings. The maximum absolute atomic E-state index is 13.0. The molecule has 6 nitrogen and oxygen atoms in total. The highest BCUT2D eigenvalue weighted by Gasteiger charge is 2.23. The molecule has 7 heteroatoms. The van der Waals surface area contributed by atoms with Crippen molar-refractivity contribution in [2.24, 2.45) is 0 Å². The molecule has 0 amide bonds. The van der Waals surface area contributed by atoms with E-state index >= 15 is 0 Å². The van der Waals surface area contributed by atoms with Gasteiger partial charge in [0.25, 0.3) is 0 Å². The summed E-state index contributed by atoms with van der Waals surface area (Å²) in [6.07, 6.45) is 6.63. The van der Waals surface area contributed by atoms with Gasteiger partial charge < -0.3 is 18.9 Å². The zero-order chi connectivity index (χ0) is 32.3. The summed E-state index contributed by atoms with van der Waals surface area (Å²) in [6.45, 7) is 11.4. The van der Waals surface area contributed by atoms with Crippen molar-refractivity contribution in [1.82, 2.24) is 0 Å². The number of methoxy groups -OCH3 is 1. The Kier molecular flexibility index (Phi) is 11.5. The quantitative estimate of drug-likeness (QED) is 0.0701. The van der Waals surface area contributed by atoms with E-state index in [-0.39, 0.29) is 15.2 Å². The minimum Gasteiger partial charge on any atom is -0.497 e. The Bertz CT molecular complexity index is 1650. The molecule has 4 aromatic carbocycles. The largest absolute Gasteiger partial charge is 0.497 e. The second kappa shape index (κ2) is 15.5. The van der Waals surface area contributed by atoms with Crippen LogP contribution in [-0.4, -0.2) is 28.7 Å². The fourth-order valence-corrected chi connectivity index (χ4v) is 6.07. The molecule has 4 rings (SSSR count). The number of rotatable bonds is 16. The van der Waals surface area contributed by atoms with Crippen molar-refractivity contribution in [3.8, 4) is 23.0 Å². The van der Waals surface area contributed by atoms with Gasteiger partial charge in [-0.05, 0) is 122 Å². The number of allylic oxidation sites excluding steroid dienone is 2. The molecular formula is C38H42O6S. The highest BCUT2D eigenvalue weighted by molar-refractivity contribution is 7.91. The van der Waals surface area contributed by atoms with Gasteiger partial charge in [-0.25, -0.2) is 8.42 Å². The molecule has 4 aromatic rings. The van der Waals surface area contributed by atoms with Crippen LogP contribution in [0.2, 0.25) is 0 Å². The summed E-state index contributed by atoms with van der Waals surface area (Å²) < 4.78 is 48.7. The predicted molar refractivity (Wildman–Crippen MR) is 179 cm³/mol. The van der Waals surface area contributed by atoms with Gasteiger partial charge in [-0.15, -0.1) is 0 Å². The lowest BCUT2D eigenvalue weighted by Crippen LogP contribution is -2.18. The normalized spacial score (nSPS) is 12.0. The number of unbranched alkanes of at least 4 members (excludes halogenated alkanes) is 2. The van der Waals surface area contributed by atoms with Crippen molar-refractivity contribution >= 4 is 9.84 Å². The molecule has 0 bridgehead atoms. The Morgan fingerprint density at radius 2 is 1.16 bits per heavy atom. The van der Waals surface area contributed by atoms with Crippen LogP contribution in [0.25, 0.3) is 0 Å². The van der Waals surface area contributed by atoms with Gasteiger partial charge >= 0.3 is 0 Å². The van der Waals surface area contributed by atoms with Crippen LogP contribution in [0, 0.1) is 0 Å². The van der Waals surface area contributed by atoms with E-state index in [2.05, 4.69) is 44.7 Å². The molecule has 0 radical (unpaired) electrons. The van der Waals surface area contributed by atoms with Crippen molar-refractivity contribution in [2.45, 2.75) is 55.2 Å². The summed E-state index contributed by atoms with van der Waals surface area (Å²) in [5.74, 6) is 3.50. The topological polar surface area (TPSA) is 71.1 Å². The molecule has 0 unspecified atom stereocenters. The van der Waals surface area contributed by atoms with Crippen molar-refractivity contribution in [2.75, 3.05) is 20.3 Å². The van der Waals surface area contributed by atoms with Gasteiger partial charge in [0.1, 0.15) is 28.8 Å². The molecule has 236 valence electrons. The number of benzene rings is 4. The summed E-state index contributed by atoms with van der Waals surface area (Å²) in [5.41, 5.74) is 2.09. The third kappa shape index (κ3) is 8.79. The molecule has 0 spiro atoms. The highest BCUT2D eigenvalue weighted by atomic mass is 32.2. The maximum atomic E-state index is 13.0. The van der Waals surface area contributed by atoms with Gasteiger partial charge in [0.2, 0.25) is 9.84 Å². The molecule has 0 saturated carbocycles. The average molecular weight is 627 g/mol. The third-order valence-electron chi connectivity index (χ3n) is 7.70. The van der Waals surface area contributed by atoms with Crippen LogP contribution in [0.3, 0.4) is 0 Å². The smallest absolute Gasteiger partial charge is 0.206 e. The van der Waals surface area contributed by atoms with E-state index in [0.717, 1.165) is 36.3 Å². The van der Waals surface area contributed by atoms with Gasteiger partial charge in [-0.1, -0.05) is 44.7 Å². The summed E-state index contributed by atoms with van der Waals surface area (Å²) >= 11 is 0. The summed E-state index contributed by atoms with van der Waals surface area (Å²) in [6, 6.07) is 29.0. The first-order chi connectivity index (χ1) is 21.7. The van der Waals surface area contributed by atoms with E-state index in [4.69, 9.17) is 18.9 Å². The van der Waals surface area contributed by atoms with Gasteiger partial charge in [-0.3, -0.25) is 0 Å². The first kappa shape index (κ1) is 33.4. The van der Waals surface area contributed by atoms with Gasteiger partial charge in [0, 0.05) is 5.41 Å². The third-order valence-corrected chi connectivity index (χ3v) is 9.49. The fourth-order valence-electron chi connectivity index (χ4n) is 4.81. The molecule has 0 N–H and O–H groups in total. The summed E-state index contributed by atoms with van der Waals surface area (Å²) in [4.78, 5) is 0.403. The Morgan fingerprint density at radius 1 is 0.689 bits per heavy atom. The number of ether oxygens (including phenoxy) is 4. The zero-order valence-corrected chi connectivity index (χ0v) is 27.3. The monoisotopic (exact) mass is 626 g/mol. The molecule has 0 atom stereocenters. The van der Waals surface area contributed by atoms with Crippen LogP contribution in [-0.2, 0) is 20.0 Å². The second-order valence-electron chi connectivity index (χ2n) is 11.1. The SMILES string of the molecule is C=C/C(=C\C)OCCCCCOc1ccc(C(C)(C)c2ccc(Oc3ccc(S(=O)(=O)c4ccc(OC)cc4)cc3)cc2)cc1. The van der Waals surface area contributed by atoms with Gasteiger partial charge in [-0.2, -0.15) is 0 Å². The maximum Gasteiger partial charge on any atom is 0.206 e. The van der Waals surface area contributed by atoms with Crippen molar-refractivity contribution in [3.63, 3.8) is 0 Å². The molecule has 0 saturated heterocycles. The molecule has 45 heavy (non-hydrogen) atoms. The van der Waals surface area contributed by atoms with E-state index in [0.29, 0.717) is 30.5 Å². The van der Waals surface area contributed by atoms with E-state index in [9.17, 15) is 8.42 Å². The van der Waals surface area contributed by atoms with Gasteiger partial charge in [0.05, 0.1) is 30.1 Å². The first-order valence-corrected chi connectivity index (χ1v) is 16.6. The van der Waals surface area contributed by atoms with Crippen molar-refractivity contribution in [3.05, 3.63) is 133 Å². The van der Waals surface area contributed by atoms with Crippen LogP contribution < -0.4 is 14.2 Å². The Balaban J connectivity index is 1.29. The van der Waals surface area contributed by atoms with E-state index < -0.39 is 9.84 Å². The van der Waals surface area contributed by atoms with Crippen LogP contribution in [0.1, 0.15) is 51.2 Å². The van der Waals surface area contributed by atoms with E-state index in [1.807, 2.05) is 37.3 Å². The molecule has 0 aliphatic carbocycles. The lowest BCUT2D eigenvalue weighted by atomic mass is 9.78.